The van der Waals surface area contributed by atoms with Crippen molar-refractivity contribution in [2.75, 3.05) is 0 Å². The van der Waals surface area contributed by atoms with E-state index in [1.54, 1.807) is 0 Å². The number of nitrogens with zero attached hydrogens (tertiary/aromatic N) is 2. The topological polar surface area (TPSA) is 8.81 Å². The summed E-state index contributed by atoms with van der Waals surface area (Å²) in [6.07, 6.45) is 14.6. The van der Waals surface area contributed by atoms with Gasteiger partial charge in [-0.1, -0.05) is 30.2 Å². The summed E-state index contributed by atoms with van der Waals surface area (Å²) < 4.78 is 4.54. The zero-order valence-corrected chi connectivity index (χ0v) is 16.8. The fourth-order valence-electron chi connectivity index (χ4n) is 4.53. The van der Waals surface area contributed by atoms with Crippen molar-refractivity contribution in [3.8, 4) is 0 Å². The predicted octanol–water partition coefficient (Wildman–Crippen LogP) is 4.99. The standard InChI is InChI=1S/C22H37N2/c1-16(2)10-19-14-20(11-17(3)4)21(15-19)12-18(5)13-22-23(6)8-9-24(22)7/h8-11,18-21H,12-15H2,1-7H3/q+1. The highest BCUT2D eigenvalue weighted by Crippen LogP contribution is 2.42. The molecule has 1 saturated carbocycles. The minimum Gasteiger partial charge on any atom is -0.237 e. The molecule has 0 saturated heterocycles. The summed E-state index contributed by atoms with van der Waals surface area (Å²) in [5, 5.41) is 0. The summed E-state index contributed by atoms with van der Waals surface area (Å²) in [7, 11) is 4.32. The van der Waals surface area contributed by atoms with Crippen LogP contribution in [-0.4, -0.2) is 4.57 Å². The molecule has 0 bridgehead atoms. The zero-order valence-electron chi connectivity index (χ0n) is 16.8. The fraction of sp³-hybridized carbons (Fsp3) is 0.682. The number of imidazole rings is 1. The lowest BCUT2D eigenvalue weighted by Gasteiger charge is -2.20. The van der Waals surface area contributed by atoms with Gasteiger partial charge in [-0.05, 0) is 70.6 Å². The van der Waals surface area contributed by atoms with E-state index in [2.05, 4.69) is 82.4 Å². The zero-order chi connectivity index (χ0) is 17.9. The molecule has 2 heteroatoms. The van der Waals surface area contributed by atoms with Gasteiger partial charge in [0.15, 0.2) is 0 Å². The first-order chi connectivity index (χ1) is 11.3. The molecule has 1 aliphatic carbocycles. The van der Waals surface area contributed by atoms with Crippen LogP contribution in [0, 0.1) is 23.7 Å². The lowest BCUT2D eigenvalue weighted by atomic mass is 9.85. The number of allylic oxidation sites excluding steroid dienone is 4. The molecule has 0 aromatic carbocycles. The van der Waals surface area contributed by atoms with Crippen molar-refractivity contribution in [1.82, 2.24) is 4.57 Å². The Bertz CT molecular complexity index is 578. The summed E-state index contributed by atoms with van der Waals surface area (Å²) in [6.45, 7) is 11.4. The van der Waals surface area contributed by atoms with Gasteiger partial charge in [0, 0.05) is 0 Å². The summed E-state index contributed by atoms with van der Waals surface area (Å²) in [5.74, 6) is 4.54. The van der Waals surface area contributed by atoms with Crippen molar-refractivity contribution < 1.29 is 4.57 Å². The van der Waals surface area contributed by atoms with Gasteiger partial charge in [0.1, 0.15) is 12.4 Å². The molecule has 1 heterocycles. The van der Waals surface area contributed by atoms with Gasteiger partial charge >= 0.3 is 0 Å². The number of rotatable bonds is 6. The molecule has 4 unspecified atom stereocenters. The smallest absolute Gasteiger partial charge is 0.237 e. The molecular formula is C22H37N2+. The predicted molar refractivity (Wildman–Crippen MR) is 103 cm³/mol. The molecule has 0 amide bonds. The molecule has 4 atom stereocenters. The Morgan fingerprint density at radius 2 is 1.88 bits per heavy atom. The van der Waals surface area contributed by atoms with Crippen LogP contribution in [-0.2, 0) is 20.5 Å². The van der Waals surface area contributed by atoms with E-state index >= 15 is 0 Å². The molecule has 1 aromatic rings. The highest BCUT2D eigenvalue weighted by molar-refractivity contribution is 5.08. The van der Waals surface area contributed by atoms with E-state index < -0.39 is 0 Å². The van der Waals surface area contributed by atoms with E-state index in [1.165, 1.54) is 42.7 Å². The Morgan fingerprint density at radius 1 is 1.21 bits per heavy atom. The second-order valence-electron chi connectivity index (χ2n) is 8.62. The number of aryl methyl sites for hydroxylation is 2. The Balaban J connectivity index is 2.04. The molecule has 0 spiro atoms. The first-order valence-electron chi connectivity index (χ1n) is 9.56. The lowest BCUT2D eigenvalue weighted by molar-refractivity contribution is -0.679. The fourth-order valence-corrected chi connectivity index (χ4v) is 4.53. The maximum absolute atomic E-state index is 2.54. The molecule has 1 aliphatic rings. The van der Waals surface area contributed by atoms with Crippen LogP contribution in [0.1, 0.15) is 59.7 Å². The Kier molecular flexibility index (Phi) is 6.48. The lowest BCUT2D eigenvalue weighted by Crippen LogP contribution is -2.33. The van der Waals surface area contributed by atoms with Crippen LogP contribution in [0.25, 0.3) is 0 Å². The number of hydrogen-bond donors (Lipinski definition) is 0. The van der Waals surface area contributed by atoms with Crippen LogP contribution < -0.4 is 4.57 Å². The van der Waals surface area contributed by atoms with Gasteiger partial charge in [-0.3, -0.25) is 0 Å². The van der Waals surface area contributed by atoms with E-state index in [-0.39, 0.29) is 0 Å². The van der Waals surface area contributed by atoms with Crippen molar-refractivity contribution in [1.29, 1.82) is 0 Å². The van der Waals surface area contributed by atoms with E-state index in [9.17, 15) is 0 Å². The summed E-state index contributed by atoms with van der Waals surface area (Å²) in [5.41, 5.74) is 2.95. The highest BCUT2D eigenvalue weighted by atomic mass is 15.1. The van der Waals surface area contributed by atoms with Gasteiger partial charge < -0.3 is 0 Å². The summed E-state index contributed by atoms with van der Waals surface area (Å²) in [6, 6.07) is 0. The SMILES string of the molecule is CC(C)=CC1CC(C=C(C)C)C(CC(C)Cc2n(C)cc[n+]2C)C1. The molecule has 1 fully saturated rings. The molecule has 0 aliphatic heterocycles. The van der Waals surface area contributed by atoms with Crippen molar-refractivity contribution in [3.63, 3.8) is 0 Å². The molecule has 2 rings (SSSR count). The number of aromatic nitrogens is 2. The maximum Gasteiger partial charge on any atom is 0.256 e. The van der Waals surface area contributed by atoms with Gasteiger partial charge in [-0.2, -0.15) is 0 Å². The molecular weight excluding hydrogens is 292 g/mol. The Hall–Kier alpha value is -1.31. The minimum absolute atomic E-state index is 0.730. The van der Waals surface area contributed by atoms with E-state index in [0.29, 0.717) is 0 Å². The van der Waals surface area contributed by atoms with Crippen LogP contribution in [0.5, 0.6) is 0 Å². The first kappa shape index (κ1) is 19.0. The van der Waals surface area contributed by atoms with Crippen LogP contribution in [0.2, 0.25) is 0 Å². The van der Waals surface area contributed by atoms with E-state index in [1.807, 2.05) is 0 Å². The van der Waals surface area contributed by atoms with Crippen molar-refractivity contribution >= 4 is 0 Å². The highest BCUT2D eigenvalue weighted by Gasteiger charge is 2.33. The van der Waals surface area contributed by atoms with Crippen molar-refractivity contribution in [2.45, 2.75) is 60.3 Å². The van der Waals surface area contributed by atoms with Crippen LogP contribution in [0.15, 0.2) is 35.7 Å². The molecule has 134 valence electrons. The van der Waals surface area contributed by atoms with Gasteiger partial charge in [0.05, 0.1) is 20.5 Å². The quantitative estimate of drug-likeness (QED) is 0.513. The maximum atomic E-state index is 2.54. The minimum atomic E-state index is 0.730. The van der Waals surface area contributed by atoms with Crippen LogP contribution in [0.4, 0.5) is 0 Å². The molecule has 24 heavy (non-hydrogen) atoms. The largest absolute Gasteiger partial charge is 0.256 e. The molecule has 0 radical (unpaired) electrons. The Morgan fingerprint density at radius 3 is 2.42 bits per heavy atom. The third-order valence-electron chi connectivity index (χ3n) is 5.47. The third kappa shape index (κ3) is 5.09. The summed E-state index contributed by atoms with van der Waals surface area (Å²) in [4.78, 5) is 0. The second kappa shape index (κ2) is 8.18. The van der Waals surface area contributed by atoms with E-state index in [4.69, 9.17) is 0 Å². The van der Waals surface area contributed by atoms with Crippen molar-refractivity contribution in [3.05, 3.63) is 41.5 Å². The normalized spacial score (nSPS) is 24.7. The van der Waals surface area contributed by atoms with Crippen LogP contribution >= 0.6 is 0 Å². The van der Waals surface area contributed by atoms with Gasteiger partial charge in [-0.25, -0.2) is 9.13 Å². The van der Waals surface area contributed by atoms with Gasteiger partial charge in [0.2, 0.25) is 0 Å². The second-order valence-corrected chi connectivity index (χ2v) is 8.62. The number of hydrogen-bond acceptors (Lipinski definition) is 0. The molecule has 0 N–H and O–H groups in total. The monoisotopic (exact) mass is 329 g/mol. The first-order valence-corrected chi connectivity index (χ1v) is 9.56. The molecule has 2 nitrogen and oxygen atoms in total. The average Bonchev–Trinajstić information content (AvgIpc) is 2.95. The molecule has 1 aromatic heterocycles. The third-order valence-corrected chi connectivity index (χ3v) is 5.47. The van der Waals surface area contributed by atoms with E-state index in [0.717, 1.165) is 23.7 Å². The van der Waals surface area contributed by atoms with Gasteiger partial charge in [0.25, 0.3) is 5.82 Å². The summed E-state index contributed by atoms with van der Waals surface area (Å²) >= 11 is 0. The average molecular weight is 330 g/mol. The Labute approximate surface area is 149 Å². The van der Waals surface area contributed by atoms with Crippen molar-refractivity contribution in [2.24, 2.45) is 37.8 Å². The van der Waals surface area contributed by atoms with Gasteiger partial charge in [-0.15, -0.1) is 0 Å². The van der Waals surface area contributed by atoms with Crippen LogP contribution in [0.3, 0.4) is 0 Å².